The van der Waals surface area contributed by atoms with E-state index in [1.54, 1.807) is 25.2 Å². The van der Waals surface area contributed by atoms with Crippen LogP contribution in [0.3, 0.4) is 0 Å². The van der Waals surface area contributed by atoms with Gasteiger partial charge in [0.1, 0.15) is 22.9 Å². The molecule has 0 aliphatic heterocycles. The summed E-state index contributed by atoms with van der Waals surface area (Å²) in [4.78, 5) is 9.76. The van der Waals surface area contributed by atoms with Gasteiger partial charge in [0, 0.05) is 17.0 Å². The molecule has 0 unspecified atom stereocenters. The highest BCUT2D eigenvalue weighted by atomic mass is 32.2. The zero-order valence-corrected chi connectivity index (χ0v) is 12.8. The van der Waals surface area contributed by atoms with Gasteiger partial charge < -0.3 is 10.1 Å². The third kappa shape index (κ3) is 3.63. The Bertz CT molecular complexity index is 575. The topological polar surface area (TPSA) is 47.0 Å². The molecule has 0 bridgehead atoms. The van der Waals surface area contributed by atoms with E-state index in [4.69, 9.17) is 4.74 Å². The van der Waals surface area contributed by atoms with E-state index in [1.807, 2.05) is 31.2 Å². The van der Waals surface area contributed by atoms with Gasteiger partial charge in [-0.1, -0.05) is 24.8 Å². The Morgan fingerprint density at radius 3 is 2.90 bits per heavy atom. The van der Waals surface area contributed by atoms with E-state index in [-0.39, 0.29) is 0 Å². The van der Waals surface area contributed by atoms with Crippen LogP contribution >= 0.6 is 11.8 Å². The van der Waals surface area contributed by atoms with E-state index in [0.717, 1.165) is 40.0 Å². The second-order valence-electron chi connectivity index (χ2n) is 4.36. The van der Waals surface area contributed by atoms with Crippen molar-refractivity contribution < 1.29 is 4.74 Å². The van der Waals surface area contributed by atoms with Crippen LogP contribution in [0.2, 0.25) is 0 Å². The number of nitrogens with one attached hydrogen (secondary N) is 1. The van der Waals surface area contributed by atoms with Crippen molar-refractivity contribution in [1.82, 2.24) is 9.97 Å². The predicted molar refractivity (Wildman–Crippen MR) is 82.7 cm³/mol. The van der Waals surface area contributed by atoms with Crippen molar-refractivity contribution in [2.45, 2.75) is 30.2 Å². The molecule has 0 saturated carbocycles. The molecule has 0 saturated heterocycles. The van der Waals surface area contributed by atoms with Crippen LogP contribution in [0.15, 0.2) is 40.5 Å². The molecular weight excluding hydrogens is 270 g/mol. The smallest absolute Gasteiger partial charge is 0.133 e. The summed E-state index contributed by atoms with van der Waals surface area (Å²) in [6.45, 7) is 5.09. The van der Waals surface area contributed by atoms with Crippen LogP contribution in [0, 0.1) is 6.92 Å². The Kier molecular flexibility index (Phi) is 5.24. The fraction of sp³-hybridized carbons (Fsp3) is 0.333. The van der Waals surface area contributed by atoms with Gasteiger partial charge in [-0.25, -0.2) is 9.97 Å². The first-order valence-corrected chi connectivity index (χ1v) is 7.43. The number of rotatable bonds is 6. The van der Waals surface area contributed by atoms with Crippen molar-refractivity contribution in [2.24, 2.45) is 0 Å². The molecule has 106 valence electrons. The molecule has 0 atom stereocenters. The molecule has 2 rings (SSSR count). The summed E-state index contributed by atoms with van der Waals surface area (Å²) in [6.07, 6.45) is 2.68. The van der Waals surface area contributed by atoms with Gasteiger partial charge in [0.25, 0.3) is 0 Å². The number of methoxy groups -OCH3 is 1. The monoisotopic (exact) mass is 289 g/mol. The maximum absolute atomic E-state index is 5.24. The molecular formula is C15H19N3OS. The van der Waals surface area contributed by atoms with Gasteiger partial charge in [0.15, 0.2) is 0 Å². The zero-order chi connectivity index (χ0) is 14.4. The third-order valence-electron chi connectivity index (χ3n) is 2.84. The summed E-state index contributed by atoms with van der Waals surface area (Å²) in [5.41, 5.74) is 1.08. The van der Waals surface area contributed by atoms with Crippen molar-refractivity contribution >= 4 is 17.6 Å². The number of benzene rings is 1. The standard InChI is InChI=1S/C15H19N3OS/c1-4-8-16-14-11(2)15(18-10-17-14)20-13-7-5-6-12(9-13)19-3/h5-7,9-10H,4,8H2,1-3H3,(H,16,17,18). The summed E-state index contributed by atoms with van der Waals surface area (Å²) < 4.78 is 5.24. The minimum Gasteiger partial charge on any atom is -0.497 e. The first-order chi connectivity index (χ1) is 9.74. The minimum absolute atomic E-state index is 0.853. The lowest BCUT2D eigenvalue weighted by atomic mass is 10.3. The van der Waals surface area contributed by atoms with Gasteiger partial charge >= 0.3 is 0 Å². The number of nitrogens with zero attached hydrogens (tertiary/aromatic N) is 2. The highest BCUT2D eigenvalue weighted by Crippen LogP contribution is 2.32. The van der Waals surface area contributed by atoms with Crippen molar-refractivity contribution in [2.75, 3.05) is 19.0 Å². The zero-order valence-electron chi connectivity index (χ0n) is 12.0. The highest BCUT2D eigenvalue weighted by molar-refractivity contribution is 7.99. The van der Waals surface area contributed by atoms with E-state index in [1.165, 1.54) is 0 Å². The van der Waals surface area contributed by atoms with E-state index >= 15 is 0 Å². The van der Waals surface area contributed by atoms with Crippen molar-refractivity contribution in [3.05, 3.63) is 36.2 Å². The lowest BCUT2D eigenvalue weighted by molar-refractivity contribution is 0.413. The van der Waals surface area contributed by atoms with E-state index in [9.17, 15) is 0 Å². The largest absolute Gasteiger partial charge is 0.497 e. The highest BCUT2D eigenvalue weighted by Gasteiger charge is 2.08. The van der Waals surface area contributed by atoms with E-state index < -0.39 is 0 Å². The van der Waals surface area contributed by atoms with Gasteiger partial charge in [0.2, 0.25) is 0 Å². The predicted octanol–water partition coefficient (Wildman–Crippen LogP) is 3.77. The summed E-state index contributed by atoms with van der Waals surface area (Å²) in [5.74, 6) is 1.76. The summed E-state index contributed by atoms with van der Waals surface area (Å²) in [7, 11) is 1.67. The SMILES string of the molecule is CCCNc1ncnc(Sc2cccc(OC)c2)c1C. The number of hydrogen-bond acceptors (Lipinski definition) is 5. The summed E-state index contributed by atoms with van der Waals surface area (Å²) >= 11 is 1.62. The van der Waals surface area contributed by atoms with Crippen LogP contribution in [-0.4, -0.2) is 23.6 Å². The number of hydrogen-bond donors (Lipinski definition) is 1. The second-order valence-corrected chi connectivity index (χ2v) is 5.42. The molecule has 1 N–H and O–H groups in total. The number of anilines is 1. The molecule has 0 spiro atoms. The van der Waals surface area contributed by atoms with Gasteiger partial charge in [-0.2, -0.15) is 0 Å². The first-order valence-electron chi connectivity index (χ1n) is 6.62. The Labute approximate surface area is 124 Å². The van der Waals surface area contributed by atoms with Crippen LogP contribution in [0.25, 0.3) is 0 Å². The Morgan fingerprint density at radius 1 is 1.30 bits per heavy atom. The fourth-order valence-corrected chi connectivity index (χ4v) is 2.63. The van der Waals surface area contributed by atoms with Crippen LogP contribution in [0.1, 0.15) is 18.9 Å². The van der Waals surface area contributed by atoms with Crippen LogP contribution in [0.5, 0.6) is 5.75 Å². The maximum atomic E-state index is 5.24. The lowest BCUT2D eigenvalue weighted by Gasteiger charge is -2.10. The summed E-state index contributed by atoms with van der Waals surface area (Å²) in [5, 5.41) is 4.29. The molecule has 20 heavy (non-hydrogen) atoms. The molecule has 2 aromatic rings. The summed E-state index contributed by atoms with van der Waals surface area (Å²) in [6, 6.07) is 7.97. The van der Waals surface area contributed by atoms with Crippen LogP contribution < -0.4 is 10.1 Å². The number of aromatic nitrogens is 2. The normalized spacial score (nSPS) is 10.3. The maximum Gasteiger partial charge on any atom is 0.133 e. The first kappa shape index (κ1) is 14.7. The molecule has 0 amide bonds. The van der Waals surface area contributed by atoms with Crippen molar-refractivity contribution in [3.8, 4) is 5.75 Å². The minimum atomic E-state index is 0.853. The van der Waals surface area contributed by atoms with E-state index in [2.05, 4.69) is 22.2 Å². The molecule has 0 aliphatic carbocycles. The molecule has 0 aliphatic rings. The van der Waals surface area contributed by atoms with Gasteiger partial charge in [-0.05, 0) is 31.5 Å². The molecule has 5 heteroatoms. The van der Waals surface area contributed by atoms with Gasteiger partial charge in [0.05, 0.1) is 7.11 Å². The van der Waals surface area contributed by atoms with Crippen LogP contribution in [0.4, 0.5) is 5.82 Å². The average Bonchev–Trinajstić information content (AvgIpc) is 2.48. The molecule has 4 nitrogen and oxygen atoms in total. The van der Waals surface area contributed by atoms with Gasteiger partial charge in [-0.15, -0.1) is 0 Å². The Hall–Kier alpha value is -1.75. The second kappa shape index (κ2) is 7.14. The van der Waals surface area contributed by atoms with Crippen molar-refractivity contribution in [1.29, 1.82) is 0 Å². The Morgan fingerprint density at radius 2 is 2.15 bits per heavy atom. The molecule has 0 fully saturated rings. The third-order valence-corrected chi connectivity index (χ3v) is 3.93. The van der Waals surface area contributed by atoms with Crippen molar-refractivity contribution in [3.63, 3.8) is 0 Å². The molecule has 0 radical (unpaired) electrons. The van der Waals surface area contributed by atoms with E-state index in [0.29, 0.717) is 0 Å². The van der Waals surface area contributed by atoms with Gasteiger partial charge in [-0.3, -0.25) is 0 Å². The lowest BCUT2D eigenvalue weighted by Crippen LogP contribution is -2.05. The molecule has 1 heterocycles. The molecule has 1 aromatic heterocycles. The number of ether oxygens (including phenoxy) is 1. The fourth-order valence-electron chi connectivity index (χ4n) is 1.73. The quantitative estimate of drug-likeness (QED) is 0.820. The molecule has 1 aromatic carbocycles. The Balaban J connectivity index is 2.20. The average molecular weight is 289 g/mol. The van der Waals surface area contributed by atoms with Crippen LogP contribution in [-0.2, 0) is 0 Å².